The van der Waals surface area contributed by atoms with Gasteiger partial charge in [0.1, 0.15) is 10.6 Å². The number of thiophene rings is 1. The Morgan fingerprint density at radius 1 is 1.12 bits per heavy atom. The van der Waals surface area contributed by atoms with E-state index in [9.17, 15) is 4.79 Å². The molecule has 26 heavy (non-hydrogen) atoms. The first-order chi connectivity index (χ1) is 12.7. The second-order valence-electron chi connectivity index (χ2n) is 6.06. The van der Waals surface area contributed by atoms with Gasteiger partial charge in [-0.15, -0.1) is 11.3 Å². The highest BCUT2D eigenvalue weighted by Crippen LogP contribution is 2.29. The van der Waals surface area contributed by atoms with E-state index in [1.54, 1.807) is 7.11 Å². The van der Waals surface area contributed by atoms with Gasteiger partial charge in [0.2, 0.25) is 0 Å². The first-order valence-corrected chi connectivity index (χ1v) is 9.26. The van der Waals surface area contributed by atoms with Crippen LogP contribution in [0.2, 0.25) is 0 Å². The Balaban J connectivity index is 1.67. The van der Waals surface area contributed by atoms with E-state index in [1.165, 1.54) is 16.9 Å². The lowest BCUT2D eigenvalue weighted by Gasteiger charge is -2.05. The normalized spacial score (nSPS) is 11.0. The van der Waals surface area contributed by atoms with E-state index in [2.05, 4.69) is 29.4 Å². The molecule has 2 aromatic carbocycles. The maximum absolute atomic E-state index is 12.6. The minimum Gasteiger partial charge on any atom is -0.497 e. The minimum atomic E-state index is -0.108. The van der Waals surface area contributed by atoms with E-state index in [0.29, 0.717) is 4.88 Å². The molecule has 0 aliphatic rings. The number of benzene rings is 2. The zero-order valence-corrected chi connectivity index (χ0v) is 15.4. The van der Waals surface area contributed by atoms with Gasteiger partial charge in [0.25, 0.3) is 5.91 Å². The van der Waals surface area contributed by atoms with Crippen molar-refractivity contribution in [3.8, 4) is 5.75 Å². The van der Waals surface area contributed by atoms with Crippen LogP contribution in [0.4, 0.5) is 5.69 Å². The van der Waals surface area contributed by atoms with Crippen molar-refractivity contribution in [3.63, 3.8) is 0 Å². The van der Waals surface area contributed by atoms with Crippen LogP contribution in [0.5, 0.6) is 5.75 Å². The molecular formula is C21H18N2O2S. The quantitative estimate of drug-likeness (QED) is 0.538. The summed E-state index contributed by atoms with van der Waals surface area (Å²) in [4.78, 5) is 18.8. The maximum atomic E-state index is 12.6. The van der Waals surface area contributed by atoms with Gasteiger partial charge in [0, 0.05) is 22.5 Å². The molecule has 0 saturated carbocycles. The molecule has 0 aliphatic heterocycles. The topological polar surface area (TPSA) is 51.2 Å². The summed E-state index contributed by atoms with van der Waals surface area (Å²) in [5.41, 5.74) is 2.87. The van der Waals surface area contributed by atoms with E-state index in [-0.39, 0.29) is 5.91 Å². The van der Waals surface area contributed by atoms with E-state index in [4.69, 9.17) is 4.74 Å². The molecule has 5 heteroatoms. The molecule has 130 valence electrons. The molecule has 0 radical (unpaired) electrons. The molecule has 1 amide bonds. The SMILES string of the molecule is CCc1cccc(NC(=O)c2cc3cc4ccc(OC)cc4nc3s2)c1. The molecule has 0 spiro atoms. The smallest absolute Gasteiger partial charge is 0.265 e. The number of amides is 1. The fourth-order valence-electron chi connectivity index (χ4n) is 2.91. The zero-order valence-electron chi connectivity index (χ0n) is 14.6. The lowest BCUT2D eigenvalue weighted by atomic mass is 10.1. The van der Waals surface area contributed by atoms with Crippen LogP contribution >= 0.6 is 11.3 Å². The van der Waals surface area contributed by atoms with Gasteiger partial charge in [-0.1, -0.05) is 19.1 Å². The Morgan fingerprint density at radius 3 is 2.81 bits per heavy atom. The summed E-state index contributed by atoms with van der Waals surface area (Å²) in [6.07, 6.45) is 0.937. The van der Waals surface area contributed by atoms with Crippen molar-refractivity contribution < 1.29 is 9.53 Å². The highest BCUT2D eigenvalue weighted by atomic mass is 32.1. The van der Waals surface area contributed by atoms with Crippen LogP contribution < -0.4 is 10.1 Å². The molecule has 0 atom stereocenters. The Bertz CT molecular complexity index is 1120. The van der Waals surface area contributed by atoms with Crippen LogP contribution in [0, 0.1) is 0 Å². The Hall–Kier alpha value is -2.92. The van der Waals surface area contributed by atoms with Gasteiger partial charge in [-0.2, -0.15) is 0 Å². The van der Waals surface area contributed by atoms with Gasteiger partial charge in [-0.25, -0.2) is 4.98 Å². The molecule has 0 bridgehead atoms. The third-order valence-corrected chi connectivity index (χ3v) is 5.37. The number of ether oxygens (including phenoxy) is 1. The lowest BCUT2D eigenvalue weighted by molar-refractivity contribution is 0.103. The number of aromatic nitrogens is 1. The Labute approximate surface area is 155 Å². The molecule has 4 aromatic rings. The number of hydrogen-bond acceptors (Lipinski definition) is 4. The van der Waals surface area contributed by atoms with Gasteiger partial charge in [-0.05, 0) is 48.4 Å². The van der Waals surface area contributed by atoms with E-state index in [0.717, 1.165) is 39.0 Å². The predicted octanol–water partition coefficient (Wildman–Crippen LogP) is 5.27. The van der Waals surface area contributed by atoms with Crippen LogP contribution in [-0.4, -0.2) is 18.0 Å². The number of nitrogens with zero attached hydrogens (tertiary/aromatic N) is 1. The monoisotopic (exact) mass is 362 g/mol. The summed E-state index contributed by atoms with van der Waals surface area (Å²) in [6.45, 7) is 2.10. The average molecular weight is 362 g/mol. The number of carbonyl (C=O) groups is 1. The van der Waals surface area contributed by atoms with Crippen molar-refractivity contribution in [2.24, 2.45) is 0 Å². The van der Waals surface area contributed by atoms with Crippen LogP contribution in [0.1, 0.15) is 22.2 Å². The number of anilines is 1. The van der Waals surface area contributed by atoms with Crippen molar-refractivity contribution in [1.29, 1.82) is 0 Å². The number of hydrogen-bond donors (Lipinski definition) is 1. The molecule has 1 N–H and O–H groups in total. The fraction of sp³-hybridized carbons (Fsp3) is 0.143. The minimum absolute atomic E-state index is 0.108. The number of rotatable bonds is 4. The van der Waals surface area contributed by atoms with Crippen LogP contribution in [0.25, 0.3) is 21.1 Å². The van der Waals surface area contributed by atoms with Gasteiger partial charge in [-0.3, -0.25) is 4.79 Å². The average Bonchev–Trinajstić information content (AvgIpc) is 3.08. The Kier molecular flexibility index (Phi) is 4.31. The van der Waals surface area contributed by atoms with Gasteiger partial charge in [0.05, 0.1) is 17.5 Å². The third-order valence-electron chi connectivity index (χ3n) is 4.33. The number of aryl methyl sites for hydroxylation is 1. The van der Waals surface area contributed by atoms with Gasteiger partial charge < -0.3 is 10.1 Å². The standard InChI is InChI=1S/C21H18N2O2S/c1-3-13-5-4-6-16(9-13)22-20(24)19-11-15-10-14-7-8-17(25-2)12-18(14)23-21(15)26-19/h4-12H,3H2,1-2H3,(H,22,24). The molecule has 4 rings (SSSR count). The second kappa shape index (κ2) is 6.77. The van der Waals surface area contributed by atoms with E-state index in [1.807, 2.05) is 42.5 Å². The molecule has 2 heterocycles. The van der Waals surface area contributed by atoms with Crippen LogP contribution in [-0.2, 0) is 6.42 Å². The first kappa shape index (κ1) is 16.5. The van der Waals surface area contributed by atoms with Gasteiger partial charge in [0.15, 0.2) is 0 Å². The third kappa shape index (κ3) is 3.13. The Morgan fingerprint density at radius 2 is 2.00 bits per heavy atom. The van der Waals surface area contributed by atoms with E-state index >= 15 is 0 Å². The number of carbonyl (C=O) groups excluding carboxylic acids is 1. The number of pyridine rings is 1. The summed E-state index contributed by atoms with van der Waals surface area (Å²) in [7, 11) is 1.64. The van der Waals surface area contributed by atoms with Crippen molar-refractivity contribution in [1.82, 2.24) is 4.98 Å². The zero-order chi connectivity index (χ0) is 18.1. The molecule has 2 aromatic heterocycles. The maximum Gasteiger partial charge on any atom is 0.265 e. The lowest BCUT2D eigenvalue weighted by Crippen LogP contribution is -2.10. The van der Waals surface area contributed by atoms with Crippen LogP contribution in [0.3, 0.4) is 0 Å². The molecule has 4 nitrogen and oxygen atoms in total. The molecule has 0 aliphatic carbocycles. The number of fused-ring (bicyclic) bond motifs is 2. The molecule has 0 saturated heterocycles. The fourth-order valence-corrected chi connectivity index (χ4v) is 3.82. The summed E-state index contributed by atoms with van der Waals surface area (Å²) in [6, 6.07) is 17.7. The van der Waals surface area contributed by atoms with Crippen molar-refractivity contribution >= 4 is 44.1 Å². The summed E-state index contributed by atoms with van der Waals surface area (Å²) >= 11 is 1.40. The van der Waals surface area contributed by atoms with Crippen molar-refractivity contribution in [3.05, 3.63) is 65.0 Å². The first-order valence-electron chi connectivity index (χ1n) is 8.45. The number of nitrogens with one attached hydrogen (secondary N) is 1. The van der Waals surface area contributed by atoms with E-state index < -0.39 is 0 Å². The van der Waals surface area contributed by atoms with Crippen molar-refractivity contribution in [2.75, 3.05) is 12.4 Å². The molecular weight excluding hydrogens is 344 g/mol. The molecule has 0 unspecified atom stereocenters. The highest BCUT2D eigenvalue weighted by molar-refractivity contribution is 7.20. The van der Waals surface area contributed by atoms with Crippen molar-refractivity contribution in [2.45, 2.75) is 13.3 Å². The summed E-state index contributed by atoms with van der Waals surface area (Å²) in [5, 5.41) is 4.98. The molecule has 0 fully saturated rings. The predicted molar refractivity (Wildman–Crippen MR) is 107 cm³/mol. The number of methoxy groups -OCH3 is 1. The highest BCUT2D eigenvalue weighted by Gasteiger charge is 2.13. The van der Waals surface area contributed by atoms with Crippen LogP contribution in [0.15, 0.2) is 54.6 Å². The summed E-state index contributed by atoms with van der Waals surface area (Å²) in [5.74, 6) is 0.664. The summed E-state index contributed by atoms with van der Waals surface area (Å²) < 4.78 is 5.26. The van der Waals surface area contributed by atoms with Gasteiger partial charge >= 0.3 is 0 Å². The second-order valence-corrected chi connectivity index (χ2v) is 7.09. The largest absolute Gasteiger partial charge is 0.497 e.